The molecule has 0 amide bonds. The van der Waals surface area contributed by atoms with Gasteiger partial charge in [0.25, 0.3) is 0 Å². The Hall–Kier alpha value is -1.57. The third-order valence-electron chi connectivity index (χ3n) is 2.14. The van der Waals surface area contributed by atoms with Crippen LogP contribution in [0.15, 0.2) is 40.9 Å². The van der Waals surface area contributed by atoms with Crippen molar-refractivity contribution in [3.05, 3.63) is 57.3 Å². The zero-order valence-electron chi connectivity index (χ0n) is 8.95. The van der Waals surface area contributed by atoms with Crippen LogP contribution in [0.4, 0.5) is 4.39 Å². The Kier molecular flexibility index (Phi) is 3.85. The summed E-state index contributed by atoms with van der Waals surface area (Å²) >= 11 is 8.90. The molecule has 0 heterocycles. The number of nitrogens with zero attached hydrogens (tertiary/aromatic N) is 1. The van der Waals surface area contributed by atoms with Gasteiger partial charge < -0.3 is 4.74 Å². The first-order valence-electron chi connectivity index (χ1n) is 4.92. The van der Waals surface area contributed by atoms with Gasteiger partial charge in [-0.05, 0) is 30.3 Å². The second-order valence-corrected chi connectivity index (χ2v) is 4.76. The lowest BCUT2D eigenvalue weighted by atomic mass is 10.2. The lowest BCUT2D eigenvalue weighted by Crippen LogP contribution is -1.90. The number of ether oxygens (including phenoxy) is 1. The minimum atomic E-state index is -0.627. The van der Waals surface area contributed by atoms with Gasteiger partial charge in [0.2, 0.25) is 0 Å². The molecule has 2 aromatic rings. The summed E-state index contributed by atoms with van der Waals surface area (Å²) < 4.78 is 19.7. The molecule has 0 aromatic heterocycles. The van der Waals surface area contributed by atoms with E-state index < -0.39 is 5.82 Å². The van der Waals surface area contributed by atoms with Crippen LogP contribution in [0.2, 0.25) is 5.02 Å². The summed E-state index contributed by atoms with van der Waals surface area (Å²) in [5.74, 6) is -0.246. The highest BCUT2D eigenvalue weighted by atomic mass is 79.9. The number of rotatable bonds is 2. The molecular weight excluding hydrogens is 321 g/mol. The molecule has 0 N–H and O–H groups in total. The maximum absolute atomic E-state index is 13.6. The molecule has 0 aliphatic heterocycles. The predicted octanol–water partition coefficient (Wildman–Crippen LogP) is 4.91. The topological polar surface area (TPSA) is 33.0 Å². The summed E-state index contributed by atoms with van der Waals surface area (Å²) in [6.45, 7) is 0. The lowest BCUT2D eigenvalue weighted by molar-refractivity contribution is 0.442. The second-order valence-electron chi connectivity index (χ2n) is 3.44. The standard InChI is InChI=1S/C13H6BrClFNO/c14-9-4-8(7-17)5-10(6-9)18-12-3-1-2-11(15)13(12)16/h1-6H. The van der Waals surface area contributed by atoms with E-state index in [0.717, 1.165) is 0 Å². The van der Waals surface area contributed by atoms with Crippen molar-refractivity contribution >= 4 is 27.5 Å². The minimum absolute atomic E-state index is 0.0111. The third kappa shape index (κ3) is 2.81. The molecule has 2 nitrogen and oxygen atoms in total. The van der Waals surface area contributed by atoms with Crippen molar-refractivity contribution in [2.45, 2.75) is 0 Å². The highest BCUT2D eigenvalue weighted by molar-refractivity contribution is 9.10. The van der Waals surface area contributed by atoms with E-state index in [0.29, 0.717) is 15.8 Å². The molecule has 0 bridgehead atoms. The van der Waals surface area contributed by atoms with E-state index in [1.54, 1.807) is 18.2 Å². The summed E-state index contributed by atoms with van der Waals surface area (Å²) in [5, 5.41) is 8.82. The van der Waals surface area contributed by atoms with Crippen LogP contribution in [0, 0.1) is 17.1 Å². The van der Waals surface area contributed by atoms with E-state index in [1.807, 2.05) is 6.07 Å². The van der Waals surface area contributed by atoms with Crippen molar-refractivity contribution in [2.75, 3.05) is 0 Å². The van der Waals surface area contributed by atoms with Crippen LogP contribution < -0.4 is 4.74 Å². The van der Waals surface area contributed by atoms with Crippen molar-refractivity contribution in [3.8, 4) is 17.6 Å². The van der Waals surface area contributed by atoms with Crippen molar-refractivity contribution in [1.82, 2.24) is 0 Å². The van der Waals surface area contributed by atoms with E-state index in [9.17, 15) is 4.39 Å². The summed E-state index contributed by atoms with van der Waals surface area (Å²) in [6.07, 6.45) is 0. The number of hydrogen-bond donors (Lipinski definition) is 0. The molecule has 0 saturated carbocycles. The fraction of sp³-hybridized carbons (Fsp3) is 0. The van der Waals surface area contributed by atoms with Gasteiger partial charge in [-0.25, -0.2) is 4.39 Å². The van der Waals surface area contributed by atoms with Crippen LogP contribution >= 0.6 is 27.5 Å². The molecular formula is C13H6BrClFNO. The number of halogens is 3. The average molecular weight is 327 g/mol. The van der Waals surface area contributed by atoms with Gasteiger partial charge in [0.05, 0.1) is 16.7 Å². The molecule has 90 valence electrons. The van der Waals surface area contributed by atoms with E-state index in [-0.39, 0.29) is 10.8 Å². The van der Waals surface area contributed by atoms with Gasteiger partial charge in [-0.2, -0.15) is 5.26 Å². The Labute approximate surface area is 117 Å². The van der Waals surface area contributed by atoms with E-state index >= 15 is 0 Å². The maximum Gasteiger partial charge on any atom is 0.184 e. The van der Waals surface area contributed by atoms with Crippen LogP contribution in [-0.4, -0.2) is 0 Å². The molecule has 0 aliphatic carbocycles. The molecule has 0 aliphatic rings. The molecule has 5 heteroatoms. The van der Waals surface area contributed by atoms with Gasteiger partial charge in [-0.1, -0.05) is 33.6 Å². The molecule has 0 spiro atoms. The number of benzene rings is 2. The first kappa shape index (κ1) is 12.9. The number of nitriles is 1. The fourth-order valence-corrected chi connectivity index (χ4v) is 2.01. The monoisotopic (exact) mass is 325 g/mol. The first-order valence-corrected chi connectivity index (χ1v) is 6.10. The smallest absolute Gasteiger partial charge is 0.184 e. The van der Waals surface area contributed by atoms with Crippen molar-refractivity contribution in [3.63, 3.8) is 0 Å². The molecule has 0 atom stereocenters. The van der Waals surface area contributed by atoms with Crippen LogP contribution in [0.25, 0.3) is 0 Å². The molecule has 2 aromatic carbocycles. The van der Waals surface area contributed by atoms with Gasteiger partial charge in [0, 0.05) is 4.47 Å². The van der Waals surface area contributed by atoms with Crippen molar-refractivity contribution < 1.29 is 9.13 Å². The van der Waals surface area contributed by atoms with Crippen LogP contribution in [0.5, 0.6) is 11.5 Å². The lowest BCUT2D eigenvalue weighted by Gasteiger charge is -2.08. The molecule has 0 radical (unpaired) electrons. The quantitative estimate of drug-likeness (QED) is 0.786. The third-order valence-corrected chi connectivity index (χ3v) is 2.89. The summed E-state index contributed by atoms with van der Waals surface area (Å²) in [7, 11) is 0. The molecule has 0 saturated heterocycles. The zero-order valence-corrected chi connectivity index (χ0v) is 11.3. The SMILES string of the molecule is N#Cc1cc(Br)cc(Oc2cccc(Cl)c2F)c1. The van der Waals surface area contributed by atoms with Gasteiger partial charge in [-0.3, -0.25) is 0 Å². The first-order chi connectivity index (χ1) is 8.60. The van der Waals surface area contributed by atoms with Gasteiger partial charge >= 0.3 is 0 Å². The van der Waals surface area contributed by atoms with Crippen molar-refractivity contribution in [2.24, 2.45) is 0 Å². The molecule has 18 heavy (non-hydrogen) atoms. The van der Waals surface area contributed by atoms with E-state index in [2.05, 4.69) is 15.9 Å². The molecule has 2 rings (SSSR count). The highest BCUT2D eigenvalue weighted by Gasteiger charge is 2.09. The van der Waals surface area contributed by atoms with Crippen LogP contribution in [0.1, 0.15) is 5.56 Å². The Morgan fingerprint density at radius 1 is 1.28 bits per heavy atom. The summed E-state index contributed by atoms with van der Waals surface area (Å²) in [5.41, 5.74) is 0.418. The van der Waals surface area contributed by atoms with E-state index in [4.69, 9.17) is 21.6 Å². The summed E-state index contributed by atoms with van der Waals surface area (Å²) in [4.78, 5) is 0. The largest absolute Gasteiger partial charge is 0.454 e. The predicted molar refractivity (Wildman–Crippen MR) is 70.3 cm³/mol. The highest BCUT2D eigenvalue weighted by Crippen LogP contribution is 2.30. The fourth-order valence-electron chi connectivity index (χ4n) is 1.38. The molecule has 0 fully saturated rings. The van der Waals surface area contributed by atoms with Gasteiger partial charge in [-0.15, -0.1) is 0 Å². The van der Waals surface area contributed by atoms with Crippen LogP contribution in [-0.2, 0) is 0 Å². The summed E-state index contributed by atoms with van der Waals surface area (Å²) in [6, 6.07) is 11.3. The van der Waals surface area contributed by atoms with E-state index in [1.165, 1.54) is 18.2 Å². The van der Waals surface area contributed by atoms with Crippen LogP contribution in [0.3, 0.4) is 0 Å². The Bertz CT molecular complexity index is 639. The zero-order chi connectivity index (χ0) is 13.1. The van der Waals surface area contributed by atoms with Gasteiger partial charge in [0.1, 0.15) is 5.75 Å². The second kappa shape index (κ2) is 5.38. The average Bonchev–Trinajstić information content (AvgIpc) is 2.34. The maximum atomic E-state index is 13.6. The Balaban J connectivity index is 2.37. The minimum Gasteiger partial charge on any atom is -0.454 e. The number of hydrogen-bond acceptors (Lipinski definition) is 2. The Morgan fingerprint density at radius 3 is 2.78 bits per heavy atom. The molecule has 0 unspecified atom stereocenters. The van der Waals surface area contributed by atoms with Gasteiger partial charge in [0.15, 0.2) is 11.6 Å². The normalized spacial score (nSPS) is 9.89. The van der Waals surface area contributed by atoms with Crippen molar-refractivity contribution in [1.29, 1.82) is 5.26 Å². The Morgan fingerprint density at radius 2 is 2.06 bits per heavy atom.